The number of furan rings is 1. The first-order chi connectivity index (χ1) is 12.4. The highest BCUT2D eigenvalue weighted by Crippen LogP contribution is 2.27. The molecule has 0 radical (unpaired) electrons. The van der Waals surface area contributed by atoms with Crippen LogP contribution in [0.1, 0.15) is 5.76 Å². The predicted octanol–water partition coefficient (Wildman–Crippen LogP) is 5.85. The lowest BCUT2D eigenvalue weighted by Crippen LogP contribution is -2.06. The molecule has 0 unspecified atom stereocenters. The van der Waals surface area contributed by atoms with Crippen LogP contribution in [-0.2, 0) is 0 Å². The van der Waals surface area contributed by atoms with E-state index in [4.69, 9.17) is 4.42 Å². The molecule has 0 aliphatic rings. The van der Waals surface area contributed by atoms with Gasteiger partial charge in [0.2, 0.25) is 5.82 Å². The van der Waals surface area contributed by atoms with Crippen molar-refractivity contribution in [2.45, 2.75) is 0 Å². The van der Waals surface area contributed by atoms with E-state index in [0.29, 0.717) is 5.76 Å². The molecule has 9 heteroatoms. The molecule has 3 aromatic rings. The summed E-state index contributed by atoms with van der Waals surface area (Å²) in [5.74, 6) is -9.65. The molecule has 0 amide bonds. The van der Waals surface area contributed by atoms with Gasteiger partial charge in [0.05, 0.1) is 6.21 Å². The van der Waals surface area contributed by atoms with Crippen LogP contribution in [0.4, 0.5) is 27.6 Å². The molecule has 0 aliphatic carbocycles. The van der Waals surface area contributed by atoms with Crippen LogP contribution >= 0.6 is 15.9 Å². The third-order valence-electron chi connectivity index (χ3n) is 3.33. The molecule has 1 heterocycles. The van der Waals surface area contributed by atoms with Gasteiger partial charge in [0, 0.05) is 10.0 Å². The van der Waals surface area contributed by atoms with Crippen molar-refractivity contribution in [3.63, 3.8) is 0 Å². The lowest BCUT2D eigenvalue weighted by Gasteiger charge is -2.06. The van der Waals surface area contributed by atoms with E-state index in [1.165, 1.54) is 6.07 Å². The quantitative estimate of drug-likeness (QED) is 0.185. The molecule has 0 aliphatic heterocycles. The van der Waals surface area contributed by atoms with Crippen LogP contribution in [0.25, 0.3) is 11.3 Å². The zero-order valence-corrected chi connectivity index (χ0v) is 14.3. The fraction of sp³-hybridized carbons (Fsp3) is 0. The predicted molar refractivity (Wildman–Crippen MR) is 89.3 cm³/mol. The van der Waals surface area contributed by atoms with Crippen LogP contribution in [-0.4, -0.2) is 6.21 Å². The van der Waals surface area contributed by atoms with Crippen LogP contribution < -0.4 is 5.43 Å². The Bertz CT molecular complexity index is 957. The Morgan fingerprint density at radius 2 is 1.38 bits per heavy atom. The lowest BCUT2D eigenvalue weighted by atomic mass is 10.2. The summed E-state index contributed by atoms with van der Waals surface area (Å²) in [5.41, 5.74) is 1.33. The van der Waals surface area contributed by atoms with Gasteiger partial charge >= 0.3 is 0 Å². The number of hydrogen-bond donors (Lipinski definition) is 1. The van der Waals surface area contributed by atoms with E-state index in [2.05, 4.69) is 21.0 Å². The molecule has 3 nitrogen and oxygen atoms in total. The minimum atomic E-state index is -2.24. The zero-order valence-electron chi connectivity index (χ0n) is 12.7. The van der Waals surface area contributed by atoms with Crippen molar-refractivity contribution in [3.8, 4) is 11.3 Å². The molecular formula is C17H8BrF5N2O. The van der Waals surface area contributed by atoms with E-state index in [1.54, 1.807) is 23.6 Å². The molecule has 0 atom stereocenters. The minimum Gasteiger partial charge on any atom is -0.455 e. The van der Waals surface area contributed by atoms with E-state index >= 15 is 0 Å². The number of benzene rings is 2. The Morgan fingerprint density at radius 1 is 0.808 bits per heavy atom. The van der Waals surface area contributed by atoms with Gasteiger partial charge in [0.15, 0.2) is 23.3 Å². The van der Waals surface area contributed by atoms with Crippen LogP contribution in [0.5, 0.6) is 0 Å². The molecule has 0 spiro atoms. The first kappa shape index (κ1) is 18.1. The smallest absolute Gasteiger partial charge is 0.200 e. The Labute approximate surface area is 152 Å². The highest BCUT2D eigenvalue weighted by atomic mass is 79.9. The van der Waals surface area contributed by atoms with Gasteiger partial charge in [-0.2, -0.15) is 5.10 Å². The summed E-state index contributed by atoms with van der Waals surface area (Å²) in [6.45, 7) is 0. The van der Waals surface area contributed by atoms with Crippen LogP contribution in [0.15, 0.2) is 50.4 Å². The monoisotopic (exact) mass is 430 g/mol. The van der Waals surface area contributed by atoms with E-state index < -0.39 is 34.8 Å². The molecule has 3 rings (SSSR count). The number of hydrogen-bond acceptors (Lipinski definition) is 3. The summed E-state index contributed by atoms with van der Waals surface area (Å²) < 4.78 is 72.5. The number of rotatable bonds is 4. The van der Waals surface area contributed by atoms with Crippen molar-refractivity contribution >= 4 is 27.8 Å². The second-order valence-electron chi connectivity index (χ2n) is 5.02. The van der Waals surface area contributed by atoms with Gasteiger partial charge in [-0.05, 0) is 24.3 Å². The minimum absolute atomic E-state index is 0.208. The van der Waals surface area contributed by atoms with Gasteiger partial charge < -0.3 is 4.42 Å². The standard InChI is InChI=1S/C17H8BrF5N2O/c18-9-3-1-8(2-4-9)11-6-5-10(26-11)7-24-25-17-15(22)13(20)12(19)14(21)16(17)23/h1-7,25H/b24-7-. The normalized spacial score (nSPS) is 11.3. The first-order valence-corrected chi connectivity index (χ1v) is 7.84. The summed E-state index contributed by atoms with van der Waals surface area (Å²) in [4.78, 5) is 0. The zero-order chi connectivity index (χ0) is 18.8. The maximum absolute atomic E-state index is 13.5. The van der Waals surface area contributed by atoms with Gasteiger partial charge in [-0.15, -0.1) is 0 Å². The highest BCUT2D eigenvalue weighted by Gasteiger charge is 2.25. The highest BCUT2D eigenvalue weighted by molar-refractivity contribution is 9.10. The van der Waals surface area contributed by atoms with Gasteiger partial charge in [-0.25, -0.2) is 22.0 Å². The largest absolute Gasteiger partial charge is 0.455 e. The molecule has 26 heavy (non-hydrogen) atoms. The average Bonchev–Trinajstić information content (AvgIpc) is 3.10. The van der Waals surface area contributed by atoms with Gasteiger partial charge in [-0.1, -0.05) is 28.1 Å². The molecule has 0 bridgehead atoms. The number of anilines is 1. The Kier molecular flexibility index (Phi) is 5.08. The van der Waals surface area contributed by atoms with Crippen molar-refractivity contribution in [2.24, 2.45) is 5.10 Å². The summed E-state index contributed by atoms with van der Waals surface area (Å²) >= 11 is 3.31. The SMILES string of the molecule is Fc1c(F)c(F)c(N/N=C\c2ccc(-c3ccc(Br)cc3)o2)c(F)c1F. The van der Waals surface area contributed by atoms with E-state index in [9.17, 15) is 22.0 Å². The molecule has 1 N–H and O–H groups in total. The fourth-order valence-corrected chi connectivity index (χ4v) is 2.32. The Morgan fingerprint density at radius 3 is 2.00 bits per heavy atom. The molecule has 2 aromatic carbocycles. The Hall–Kier alpha value is -2.68. The van der Waals surface area contributed by atoms with Gasteiger partial charge in [-0.3, -0.25) is 5.43 Å². The second-order valence-corrected chi connectivity index (χ2v) is 5.94. The summed E-state index contributed by atoms with van der Waals surface area (Å²) in [7, 11) is 0. The molecule has 0 saturated heterocycles. The first-order valence-electron chi connectivity index (χ1n) is 7.04. The summed E-state index contributed by atoms with van der Waals surface area (Å²) in [6.07, 6.45) is 1.04. The Balaban J connectivity index is 1.79. The van der Waals surface area contributed by atoms with E-state index in [0.717, 1.165) is 16.3 Å². The molecule has 0 fully saturated rings. The van der Waals surface area contributed by atoms with E-state index in [1.807, 2.05) is 12.1 Å². The number of nitrogens with zero attached hydrogens (tertiary/aromatic N) is 1. The lowest BCUT2D eigenvalue weighted by molar-refractivity contribution is 0.381. The number of hydrazone groups is 1. The summed E-state index contributed by atoms with van der Waals surface area (Å²) in [5, 5.41) is 3.45. The number of nitrogens with one attached hydrogen (secondary N) is 1. The van der Waals surface area contributed by atoms with E-state index in [-0.39, 0.29) is 5.76 Å². The van der Waals surface area contributed by atoms with Crippen molar-refractivity contribution in [1.82, 2.24) is 0 Å². The summed E-state index contributed by atoms with van der Waals surface area (Å²) in [6, 6.07) is 10.4. The van der Waals surface area contributed by atoms with Crippen molar-refractivity contribution in [2.75, 3.05) is 5.43 Å². The van der Waals surface area contributed by atoms with Crippen molar-refractivity contribution in [3.05, 3.63) is 75.7 Å². The molecule has 0 saturated carbocycles. The molecule has 1 aromatic heterocycles. The molecular weight excluding hydrogens is 423 g/mol. The van der Waals surface area contributed by atoms with Gasteiger partial charge in [0.25, 0.3) is 0 Å². The van der Waals surface area contributed by atoms with Gasteiger partial charge in [0.1, 0.15) is 17.2 Å². The van der Waals surface area contributed by atoms with Crippen molar-refractivity contribution < 1.29 is 26.4 Å². The maximum Gasteiger partial charge on any atom is 0.200 e. The number of halogens is 6. The topological polar surface area (TPSA) is 37.5 Å². The fourth-order valence-electron chi connectivity index (χ4n) is 2.06. The molecule has 134 valence electrons. The van der Waals surface area contributed by atoms with Crippen LogP contribution in [0.2, 0.25) is 0 Å². The van der Waals surface area contributed by atoms with Crippen LogP contribution in [0, 0.1) is 29.1 Å². The van der Waals surface area contributed by atoms with Crippen molar-refractivity contribution in [1.29, 1.82) is 0 Å². The third kappa shape index (κ3) is 3.48. The second kappa shape index (κ2) is 7.28. The third-order valence-corrected chi connectivity index (χ3v) is 3.86. The maximum atomic E-state index is 13.5. The average molecular weight is 431 g/mol. The van der Waals surface area contributed by atoms with Crippen LogP contribution in [0.3, 0.4) is 0 Å².